The fourth-order valence-corrected chi connectivity index (χ4v) is 5.49. The lowest BCUT2D eigenvalue weighted by Gasteiger charge is -2.27. The zero-order chi connectivity index (χ0) is 21.0. The summed E-state index contributed by atoms with van der Waals surface area (Å²) in [6, 6.07) is 24.3. The van der Waals surface area contributed by atoms with E-state index in [-0.39, 0.29) is 0 Å². The Kier molecular flexibility index (Phi) is 6.42. The molecule has 1 unspecified atom stereocenters. The number of aryl methyl sites for hydroxylation is 2. The Morgan fingerprint density at radius 1 is 0.933 bits per heavy atom. The van der Waals surface area contributed by atoms with Crippen LogP contribution >= 0.6 is 11.6 Å². The van der Waals surface area contributed by atoms with Crippen LogP contribution in [-0.2, 0) is 22.8 Å². The van der Waals surface area contributed by atoms with Crippen molar-refractivity contribution >= 4 is 32.9 Å². The molecule has 4 rings (SSSR count). The molecule has 1 atom stereocenters. The molecule has 3 aromatic rings. The maximum atomic E-state index is 13.2. The number of fused-ring (bicyclic) bond motifs is 2. The molecule has 1 aliphatic heterocycles. The van der Waals surface area contributed by atoms with E-state index in [0.717, 1.165) is 25.8 Å². The first-order valence-electron chi connectivity index (χ1n) is 10.2. The minimum absolute atomic E-state index is 0.597. The first kappa shape index (κ1) is 20.9. The molecule has 0 aromatic heterocycles. The molecule has 1 heterocycles. The summed E-state index contributed by atoms with van der Waals surface area (Å²) in [6.45, 7) is 1.43. The van der Waals surface area contributed by atoms with Gasteiger partial charge in [0, 0.05) is 36.5 Å². The average Bonchev–Trinajstić information content (AvgIpc) is 2.94. The molecular weight excluding hydrogens is 414 g/mol. The second-order valence-electron chi connectivity index (χ2n) is 7.32. The highest BCUT2D eigenvalue weighted by Crippen LogP contribution is 2.35. The number of halogens is 1. The van der Waals surface area contributed by atoms with Crippen LogP contribution in [0, 0.1) is 0 Å². The predicted molar refractivity (Wildman–Crippen MR) is 126 cm³/mol. The van der Waals surface area contributed by atoms with Gasteiger partial charge in [-0.1, -0.05) is 48.0 Å². The molecule has 0 aliphatic carbocycles. The van der Waals surface area contributed by atoms with Crippen molar-refractivity contribution in [3.05, 3.63) is 88.9 Å². The van der Waals surface area contributed by atoms with Crippen LogP contribution in [-0.4, -0.2) is 24.3 Å². The molecule has 0 radical (unpaired) electrons. The summed E-state index contributed by atoms with van der Waals surface area (Å²) in [5, 5.41) is 0.620. The van der Waals surface area contributed by atoms with Crippen LogP contribution in [0.1, 0.15) is 17.5 Å². The van der Waals surface area contributed by atoms with E-state index < -0.39 is 9.92 Å². The Bertz CT molecular complexity index is 1090. The molecule has 0 saturated heterocycles. The maximum Gasteiger partial charge on any atom is 0.137 e. The third-order valence-electron chi connectivity index (χ3n) is 5.47. The van der Waals surface area contributed by atoms with Gasteiger partial charge in [0.15, 0.2) is 0 Å². The first-order valence-corrected chi connectivity index (χ1v) is 12.1. The van der Waals surface area contributed by atoms with E-state index in [0.29, 0.717) is 16.5 Å². The molecule has 0 saturated carbocycles. The smallest absolute Gasteiger partial charge is 0.137 e. The number of hydrogen-bond acceptors (Lipinski definition) is 3. The Morgan fingerprint density at radius 3 is 2.07 bits per heavy atom. The van der Waals surface area contributed by atoms with Crippen LogP contribution in [0.25, 0.3) is 0 Å². The number of benzene rings is 3. The first-order chi connectivity index (χ1) is 14.6. The minimum atomic E-state index is -2.66. The van der Waals surface area contributed by atoms with E-state index in [4.69, 9.17) is 11.6 Å². The van der Waals surface area contributed by atoms with E-state index >= 15 is 0 Å². The van der Waals surface area contributed by atoms with Gasteiger partial charge in [0.05, 0.1) is 4.90 Å². The molecule has 1 aliphatic rings. The summed E-state index contributed by atoms with van der Waals surface area (Å²) in [5.74, 6) is 0. The molecule has 0 bridgehead atoms. The molecule has 0 fully saturated rings. The number of hydrogen-bond donors (Lipinski definition) is 1. The van der Waals surface area contributed by atoms with Crippen molar-refractivity contribution in [1.82, 2.24) is 4.72 Å². The van der Waals surface area contributed by atoms with Crippen LogP contribution in [0.4, 0.5) is 11.4 Å². The number of para-hydroxylation sites is 2. The van der Waals surface area contributed by atoms with Crippen LogP contribution < -0.4 is 9.62 Å². The van der Waals surface area contributed by atoms with Gasteiger partial charge >= 0.3 is 0 Å². The Balaban J connectivity index is 1.50. The normalized spacial score (nSPS) is 14.9. The van der Waals surface area contributed by atoms with Gasteiger partial charge < -0.3 is 4.90 Å². The van der Waals surface area contributed by atoms with Gasteiger partial charge in [-0.3, -0.25) is 0 Å². The lowest BCUT2D eigenvalue weighted by Crippen LogP contribution is -2.28. The topological polar surface area (TPSA) is 44.7 Å². The number of nitrogens with zero attached hydrogens (tertiary/aromatic N) is 2. The lowest BCUT2D eigenvalue weighted by atomic mass is 10.0. The largest absolute Gasteiger partial charge is 0.341 e. The SMILES string of the molecule is CN=S(=O)(NCCCN1c2ccccc2CCc2ccccc21)c1ccc(Cl)cc1. The molecule has 0 amide bonds. The average molecular weight is 440 g/mol. The standard InChI is InChI=1S/C24H26ClN3OS/c1-26-30(29,22-15-13-21(25)14-16-22)27-17-6-18-28-23-9-4-2-7-19(23)11-12-20-8-3-5-10-24(20)28/h2-5,7-10,13-16H,6,11-12,17-18H2,1H3,(H,26,27,29). The van der Waals surface area contributed by atoms with E-state index in [1.54, 1.807) is 31.3 Å². The monoisotopic (exact) mass is 439 g/mol. The molecule has 30 heavy (non-hydrogen) atoms. The second-order valence-corrected chi connectivity index (χ2v) is 9.93. The fraction of sp³-hybridized carbons (Fsp3) is 0.250. The van der Waals surface area contributed by atoms with Crippen molar-refractivity contribution < 1.29 is 4.21 Å². The molecule has 156 valence electrons. The summed E-state index contributed by atoms with van der Waals surface area (Å²) in [5.41, 5.74) is 5.27. The molecule has 6 heteroatoms. The van der Waals surface area contributed by atoms with E-state index in [2.05, 4.69) is 62.5 Å². The van der Waals surface area contributed by atoms with Crippen LogP contribution in [0.3, 0.4) is 0 Å². The minimum Gasteiger partial charge on any atom is -0.341 e. The summed E-state index contributed by atoms with van der Waals surface area (Å²) in [6.07, 6.45) is 2.92. The molecule has 4 nitrogen and oxygen atoms in total. The van der Waals surface area contributed by atoms with Gasteiger partial charge in [0.1, 0.15) is 9.92 Å². The molecule has 0 spiro atoms. The quantitative estimate of drug-likeness (QED) is 0.506. The van der Waals surface area contributed by atoms with E-state index in [9.17, 15) is 4.21 Å². The van der Waals surface area contributed by atoms with Crippen molar-refractivity contribution in [3.8, 4) is 0 Å². The number of nitrogens with one attached hydrogen (secondary N) is 1. The Hall–Kier alpha value is -2.34. The summed E-state index contributed by atoms with van der Waals surface area (Å²) in [4.78, 5) is 3.05. The van der Waals surface area contributed by atoms with Crippen LogP contribution in [0.5, 0.6) is 0 Å². The zero-order valence-corrected chi connectivity index (χ0v) is 18.6. The Labute approximate surface area is 184 Å². The Morgan fingerprint density at radius 2 is 1.50 bits per heavy atom. The zero-order valence-electron chi connectivity index (χ0n) is 17.1. The van der Waals surface area contributed by atoms with Crippen LogP contribution in [0.15, 0.2) is 82.1 Å². The van der Waals surface area contributed by atoms with Gasteiger partial charge in [-0.05, 0) is 66.8 Å². The van der Waals surface area contributed by atoms with E-state index in [1.165, 1.54) is 22.5 Å². The van der Waals surface area contributed by atoms with Gasteiger partial charge in [-0.25, -0.2) is 13.3 Å². The summed E-state index contributed by atoms with van der Waals surface area (Å²) in [7, 11) is -1.07. The summed E-state index contributed by atoms with van der Waals surface area (Å²) >= 11 is 5.96. The van der Waals surface area contributed by atoms with Crippen molar-refractivity contribution in [2.24, 2.45) is 4.36 Å². The number of anilines is 2. The van der Waals surface area contributed by atoms with Gasteiger partial charge in [-0.2, -0.15) is 0 Å². The third kappa shape index (κ3) is 4.38. The third-order valence-corrected chi connectivity index (χ3v) is 7.75. The van der Waals surface area contributed by atoms with Crippen molar-refractivity contribution in [2.45, 2.75) is 24.2 Å². The maximum absolute atomic E-state index is 13.2. The van der Waals surface area contributed by atoms with Gasteiger partial charge in [0.2, 0.25) is 0 Å². The number of rotatable bonds is 6. The van der Waals surface area contributed by atoms with Crippen LogP contribution in [0.2, 0.25) is 5.02 Å². The highest BCUT2D eigenvalue weighted by molar-refractivity contribution is 7.91. The highest BCUT2D eigenvalue weighted by atomic mass is 35.5. The molecular formula is C24H26ClN3OS. The molecule has 1 N–H and O–H groups in total. The van der Waals surface area contributed by atoms with E-state index in [1.807, 2.05) is 0 Å². The van der Waals surface area contributed by atoms with Crippen molar-refractivity contribution in [1.29, 1.82) is 0 Å². The van der Waals surface area contributed by atoms with Crippen molar-refractivity contribution in [2.75, 3.05) is 25.0 Å². The van der Waals surface area contributed by atoms with Crippen molar-refractivity contribution in [3.63, 3.8) is 0 Å². The fourth-order valence-electron chi connectivity index (χ4n) is 3.93. The summed E-state index contributed by atoms with van der Waals surface area (Å²) < 4.78 is 20.6. The molecule has 3 aromatic carbocycles. The predicted octanol–water partition coefficient (Wildman–Crippen LogP) is 5.63. The van der Waals surface area contributed by atoms with Gasteiger partial charge in [-0.15, -0.1) is 0 Å². The second kappa shape index (κ2) is 9.21. The lowest BCUT2D eigenvalue weighted by molar-refractivity contribution is 0.659. The van der Waals surface area contributed by atoms with Gasteiger partial charge in [0.25, 0.3) is 0 Å². The highest BCUT2D eigenvalue weighted by Gasteiger charge is 2.20.